The second-order valence-corrected chi connectivity index (χ2v) is 7.51. The summed E-state index contributed by atoms with van der Waals surface area (Å²) in [5.74, 6) is 0.0660. The summed E-state index contributed by atoms with van der Waals surface area (Å²) in [6, 6.07) is 2.63. The van der Waals surface area contributed by atoms with Gasteiger partial charge in [-0.15, -0.1) is 11.3 Å². The van der Waals surface area contributed by atoms with Gasteiger partial charge in [-0.2, -0.15) is 0 Å². The minimum atomic E-state index is 0.0660. The molecule has 0 aliphatic carbocycles. The molecule has 1 aliphatic heterocycles. The maximum absolute atomic E-state index is 11.5. The van der Waals surface area contributed by atoms with Crippen LogP contribution in [0.4, 0.5) is 0 Å². The van der Waals surface area contributed by atoms with Crippen molar-refractivity contribution in [2.75, 3.05) is 19.6 Å². The van der Waals surface area contributed by atoms with E-state index in [2.05, 4.69) is 37.6 Å². The van der Waals surface area contributed by atoms with Crippen LogP contribution in [0.2, 0.25) is 0 Å². The average Bonchev–Trinajstić information content (AvgIpc) is 2.83. The molecule has 2 rings (SSSR count). The van der Waals surface area contributed by atoms with Gasteiger partial charge in [0, 0.05) is 32.1 Å². The van der Waals surface area contributed by atoms with Crippen molar-refractivity contribution in [3.05, 3.63) is 20.8 Å². The maximum atomic E-state index is 11.5. The summed E-state index contributed by atoms with van der Waals surface area (Å²) in [6.07, 6.45) is 4.08. The number of hydrogen-bond donors (Lipinski definition) is 2. The fraction of sp³-hybridized carbons (Fsp3) is 0.643. The Hall–Kier alpha value is -0.430. The molecule has 0 spiro atoms. The fourth-order valence-electron chi connectivity index (χ4n) is 2.61. The Balaban J connectivity index is 1.86. The van der Waals surface area contributed by atoms with E-state index < -0.39 is 0 Å². The minimum Gasteiger partial charge on any atom is -0.354 e. The molecule has 0 saturated carbocycles. The van der Waals surface area contributed by atoms with Crippen LogP contribution in [0.1, 0.15) is 31.2 Å². The van der Waals surface area contributed by atoms with Gasteiger partial charge in [0.05, 0.1) is 3.79 Å². The second-order valence-electron chi connectivity index (χ2n) is 5.22. The summed E-state index contributed by atoms with van der Waals surface area (Å²) in [4.78, 5) is 14.0. The van der Waals surface area contributed by atoms with Gasteiger partial charge in [0.2, 0.25) is 5.91 Å². The van der Waals surface area contributed by atoms with E-state index in [9.17, 15) is 4.79 Å². The Kier molecular flexibility index (Phi) is 6.48. The highest BCUT2D eigenvalue weighted by molar-refractivity contribution is 9.11. The molecule has 1 atom stereocenters. The van der Waals surface area contributed by atoms with Gasteiger partial charge in [0.1, 0.15) is 0 Å². The predicted molar refractivity (Wildman–Crippen MR) is 86.7 cm³/mol. The van der Waals surface area contributed by atoms with Crippen molar-refractivity contribution in [2.45, 2.75) is 38.3 Å². The molecule has 1 saturated heterocycles. The Labute approximate surface area is 132 Å². The SMILES string of the molecule is NCCC(=O)NCC1CCCCN1Cc1csc(Br)c1. The molecule has 1 amide bonds. The van der Waals surface area contributed by atoms with E-state index in [0.29, 0.717) is 19.0 Å². The Morgan fingerprint density at radius 3 is 3.10 bits per heavy atom. The monoisotopic (exact) mass is 359 g/mol. The first-order valence-electron chi connectivity index (χ1n) is 7.13. The van der Waals surface area contributed by atoms with Crippen molar-refractivity contribution in [1.29, 1.82) is 0 Å². The lowest BCUT2D eigenvalue weighted by Crippen LogP contribution is -2.46. The number of nitrogens with one attached hydrogen (secondary N) is 1. The van der Waals surface area contributed by atoms with Gasteiger partial charge >= 0.3 is 0 Å². The lowest BCUT2D eigenvalue weighted by Gasteiger charge is -2.35. The van der Waals surface area contributed by atoms with Crippen LogP contribution in [-0.2, 0) is 11.3 Å². The van der Waals surface area contributed by atoms with Crippen LogP contribution in [0.15, 0.2) is 15.2 Å². The van der Waals surface area contributed by atoms with Crippen LogP contribution in [-0.4, -0.2) is 36.5 Å². The van der Waals surface area contributed by atoms with Gasteiger partial charge in [-0.05, 0) is 52.3 Å². The smallest absolute Gasteiger partial charge is 0.221 e. The molecular weight excluding hydrogens is 338 g/mol. The van der Waals surface area contributed by atoms with Gasteiger partial charge in [-0.3, -0.25) is 9.69 Å². The van der Waals surface area contributed by atoms with E-state index in [1.165, 1.54) is 22.2 Å². The molecule has 112 valence electrons. The number of nitrogens with two attached hydrogens (primary N) is 1. The predicted octanol–water partition coefficient (Wildman–Crippen LogP) is 2.33. The zero-order valence-electron chi connectivity index (χ0n) is 11.6. The zero-order valence-corrected chi connectivity index (χ0v) is 14.0. The third kappa shape index (κ3) is 4.84. The molecule has 0 bridgehead atoms. The first-order valence-corrected chi connectivity index (χ1v) is 8.80. The summed E-state index contributed by atoms with van der Waals surface area (Å²) >= 11 is 5.24. The third-order valence-electron chi connectivity index (χ3n) is 3.66. The maximum Gasteiger partial charge on any atom is 0.221 e. The highest BCUT2D eigenvalue weighted by Crippen LogP contribution is 2.24. The molecule has 20 heavy (non-hydrogen) atoms. The number of carbonyl (C=O) groups excluding carboxylic acids is 1. The molecule has 0 aromatic carbocycles. The lowest BCUT2D eigenvalue weighted by molar-refractivity contribution is -0.121. The largest absolute Gasteiger partial charge is 0.354 e. The molecule has 1 aromatic rings. The first kappa shape index (κ1) is 15.9. The number of piperidine rings is 1. The zero-order chi connectivity index (χ0) is 14.4. The molecule has 1 fully saturated rings. The quantitative estimate of drug-likeness (QED) is 0.819. The summed E-state index contributed by atoms with van der Waals surface area (Å²) in [7, 11) is 0. The summed E-state index contributed by atoms with van der Waals surface area (Å²) in [6.45, 7) is 3.25. The van der Waals surface area contributed by atoms with Crippen LogP contribution in [0.5, 0.6) is 0 Å². The van der Waals surface area contributed by atoms with Gasteiger partial charge in [-0.25, -0.2) is 0 Å². The molecule has 2 heterocycles. The summed E-state index contributed by atoms with van der Waals surface area (Å²) in [5, 5.41) is 5.20. The highest BCUT2D eigenvalue weighted by atomic mass is 79.9. The molecule has 1 aromatic heterocycles. The molecule has 1 unspecified atom stereocenters. The molecular formula is C14H22BrN3OS. The van der Waals surface area contributed by atoms with Crippen LogP contribution in [0, 0.1) is 0 Å². The van der Waals surface area contributed by atoms with Gasteiger partial charge < -0.3 is 11.1 Å². The van der Waals surface area contributed by atoms with Crippen LogP contribution in [0.3, 0.4) is 0 Å². The number of rotatable bonds is 6. The number of likely N-dealkylation sites (tertiary alicyclic amines) is 1. The van der Waals surface area contributed by atoms with Crippen LogP contribution < -0.4 is 11.1 Å². The number of nitrogens with zero attached hydrogens (tertiary/aromatic N) is 1. The highest BCUT2D eigenvalue weighted by Gasteiger charge is 2.23. The Morgan fingerprint density at radius 2 is 2.40 bits per heavy atom. The van der Waals surface area contributed by atoms with Crippen molar-refractivity contribution >= 4 is 33.2 Å². The number of hydrogen-bond acceptors (Lipinski definition) is 4. The topological polar surface area (TPSA) is 58.4 Å². The Morgan fingerprint density at radius 1 is 1.55 bits per heavy atom. The van der Waals surface area contributed by atoms with Crippen molar-refractivity contribution < 1.29 is 4.79 Å². The fourth-order valence-corrected chi connectivity index (χ4v) is 3.81. The van der Waals surface area contributed by atoms with Crippen molar-refractivity contribution in [3.63, 3.8) is 0 Å². The van der Waals surface area contributed by atoms with Gasteiger partial charge in [-0.1, -0.05) is 6.42 Å². The van der Waals surface area contributed by atoms with E-state index in [1.807, 2.05) is 0 Å². The third-order valence-corrected chi connectivity index (χ3v) is 5.22. The standard InChI is InChI=1S/C14H22BrN3OS/c15-13-7-11(10-20-13)9-18-6-2-1-3-12(18)8-17-14(19)4-5-16/h7,10,12H,1-6,8-9,16H2,(H,17,19). The van der Waals surface area contributed by atoms with Crippen molar-refractivity contribution in [3.8, 4) is 0 Å². The molecule has 4 nitrogen and oxygen atoms in total. The number of thiophene rings is 1. The van der Waals surface area contributed by atoms with Gasteiger partial charge in [0.15, 0.2) is 0 Å². The number of amides is 1. The average molecular weight is 360 g/mol. The first-order chi connectivity index (χ1) is 9.69. The molecule has 0 radical (unpaired) electrons. The summed E-state index contributed by atoms with van der Waals surface area (Å²) < 4.78 is 1.18. The van der Waals surface area contributed by atoms with Crippen LogP contribution >= 0.6 is 27.3 Å². The van der Waals surface area contributed by atoms with Gasteiger partial charge in [0.25, 0.3) is 0 Å². The van der Waals surface area contributed by atoms with E-state index in [1.54, 1.807) is 11.3 Å². The minimum absolute atomic E-state index is 0.0660. The second kappa shape index (κ2) is 8.12. The van der Waals surface area contributed by atoms with E-state index in [0.717, 1.165) is 26.1 Å². The van der Waals surface area contributed by atoms with E-state index in [4.69, 9.17) is 5.73 Å². The van der Waals surface area contributed by atoms with E-state index >= 15 is 0 Å². The normalized spacial score (nSPS) is 20.0. The molecule has 1 aliphatic rings. The van der Waals surface area contributed by atoms with E-state index in [-0.39, 0.29) is 5.91 Å². The summed E-state index contributed by atoms with van der Waals surface area (Å²) in [5.41, 5.74) is 6.74. The van der Waals surface area contributed by atoms with Crippen molar-refractivity contribution in [2.24, 2.45) is 5.73 Å². The number of carbonyl (C=O) groups is 1. The molecule has 3 N–H and O–H groups in total. The van der Waals surface area contributed by atoms with Crippen molar-refractivity contribution in [1.82, 2.24) is 10.2 Å². The van der Waals surface area contributed by atoms with Crippen LogP contribution in [0.25, 0.3) is 0 Å². The Bertz CT molecular complexity index is 438. The number of halogens is 1. The lowest BCUT2D eigenvalue weighted by atomic mass is 10.0. The molecule has 6 heteroatoms.